The third-order valence-corrected chi connectivity index (χ3v) is 4.91. The molecule has 0 fully saturated rings. The zero-order valence-corrected chi connectivity index (χ0v) is 17.6. The summed E-state index contributed by atoms with van der Waals surface area (Å²) in [6.07, 6.45) is 0. The van der Waals surface area contributed by atoms with Gasteiger partial charge < -0.3 is 15.1 Å². The quantitative estimate of drug-likeness (QED) is 0.360. The van der Waals surface area contributed by atoms with E-state index in [1.54, 1.807) is 60.7 Å². The topological polar surface area (TPSA) is 83.4 Å². The number of amides is 2. The molecule has 0 saturated carbocycles. The molecule has 4 rings (SSSR count). The molecule has 0 aliphatic carbocycles. The van der Waals surface area contributed by atoms with Crippen molar-refractivity contribution in [2.45, 2.75) is 0 Å². The predicted molar refractivity (Wildman–Crippen MR) is 126 cm³/mol. The summed E-state index contributed by atoms with van der Waals surface area (Å²) in [7, 11) is 0. The first kappa shape index (κ1) is 20.6. The van der Waals surface area contributed by atoms with Crippen LogP contribution in [0.25, 0.3) is 11.0 Å². The first-order chi connectivity index (χ1) is 15.0. The van der Waals surface area contributed by atoms with Crippen LogP contribution in [-0.2, 0) is 0 Å². The van der Waals surface area contributed by atoms with Gasteiger partial charge in [-0.15, -0.1) is 0 Å². The van der Waals surface area contributed by atoms with Gasteiger partial charge in [-0.2, -0.15) is 0 Å². The van der Waals surface area contributed by atoms with Crippen LogP contribution in [0.1, 0.15) is 20.9 Å². The van der Waals surface area contributed by atoms with E-state index >= 15 is 0 Å². The predicted octanol–water partition coefficient (Wildman–Crippen LogP) is 5.47. The van der Waals surface area contributed by atoms with E-state index in [1.807, 2.05) is 18.2 Å². The lowest BCUT2D eigenvalue weighted by Gasteiger charge is -2.11. The van der Waals surface area contributed by atoms with Crippen molar-refractivity contribution in [2.75, 3.05) is 10.6 Å². The van der Waals surface area contributed by atoms with Crippen molar-refractivity contribution in [2.24, 2.45) is 0 Å². The molecule has 8 heteroatoms. The van der Waals surface area contributed by atoms with Gasteiger partial charge in [-0.25, -0.2) is 0 Å². The van der Waals surface area contributed by atoms with Crippen LogP contribution in [-0.4, -0.2) is 16.9 Å². The number of anilines is 2. The Bertz CT molecular complexity index is 1270. The van der Waals surface area contributed by atoms with Crippen LogP contribution in [0.2, 0.25) is 5.02 Å². The summed E-state index contributed by atoms with van der Waals surface area (Å²) in [4.78, 5) is 24.8. The van der Waals surface area contributed by atoms with Crippen molar-refractivity contribution in [3.05, 3.63) is 95.2 Å². The minimum absolute atomic E-state index is 0.0973. The molecule has 0 spiro atoms. The Morgan fingerprint density at radius 3 is 2.29 bits per heavy atom. The van der Waals surface area contributed by atoms with Crippen molar-refractivity contribution >= 4 is 63.1 Å². The van der Waals surface area contributed by atoms with Crippen LogP contribution in [0.15, 0.2) is 83.3 Å². The molecule has 1 aromatic heterocycles. The summed E-state index contributed by atoms with van der Waals surface area (Å²) in [6, 6.07) is 22.7. The van der Waals surface area contributed by atoms with E-state index in [4.69, 9.17) is 28.2 Å². The number of thiocarbonyl (C=S) groups is 1. The van der Waals surface area contributed by atoms with Gasteiger partial charge in [0.1, 0.15) is 5.58 Å². The highest BCUT2D eigenvalue weighted by molar-refractivity contribution is 7.80. The van der Waals surface area contributed by atoms with Gasteiger partial charge in [0.2, 0.25) is 0 Å². The maximum Gasteiger partial charge on any atom is 0.293 e. The minimum Gasteiger partial charge on any atom is -0.451 e. The second-order valence-corrected chi connectivity index (χ2v) is 7.39. The number of benzene rings is 3. The Kier molecular flexibility index (Phi) is 5.97. The lowest BCUT2D eigenvalue weighted by molar-refractivity contribution is 0.0952. The summed E-state index contributed by atoms with van der Waals surface area (Å²) in [5, 5.41) is 9.58. The molecule has 0 aliphatic rings. The maximum absolute atomic E-state index is 12.4. The summed E-state index contributed by atoms with van der Waals surface area (Å²) in [5.74, 6) is -0.633. The summed E-state index contributed by atoms with van der Waals surface area (Å²) in [5.41, 5.74) is 2.12. The third kappa shape index (κ3) is 4.91. The fourth-order valence-electron chi connectivity index (χ4n) is 2.94. The number of nitrogens with one attached hydrogen (secondary N) is 3. The van der Waals surface area contributed by atoms with Crippen LogP contribution >= 0.6 is 23.8 Å². The van der Waals surface area contributed by atoms with Crippen molar-refractivity contribution in [3.63, 3.8) is 0 Å². The van der Waals surface area contributed by atoms with Crippen LogP contribution in [0.5, 0.6) is 0 Å². The number of rotatable bonds is 4. The summed E-state index contributed by atoms with van der Waals surface area (Å²) >= 11 is 11.3. The van der Waals surface area contributed by atoms with E-state index in [-0.39, 0.29) is 16.8 Å². The lowest BCUT2D eigenvalue weighted by Crippen LogP contribution is -2.33. The normalized spacial score (nSPS) is 10.5. The van der Waals surface area contributed by atoms with Gasteiger partial charge >= 0.3 is 0 Å². The van der Waals surface area contributed by atoms with Gasteiger partial charge in [0.25, 0.3) is 11.8 Å². The zero-order valence-electron chi connectivity index (χ0n) is 16.0. The molecule has 0 unspecified atom stereocenters. The fourth-order valence-corrected chi connectivity index (χ4v) is 3.37. The van der Waals surface area contributed by atoms with Gasteiger partial charge in [0, 0.05) is 16.8 Å². The number of hydrogen-bond acceptors (Lipinski definition) is 4. The van der Waals surface area contributed by atoms with Crippen LogP contribution in [0.3, 0.4) is 0 Å². The number of para-hydroxylation sites is 1. The molecule has 1 heterocycles. The molecule has 31 heavy (non-hydrogen) atoms. The van der Waals surface area contributed by atoms with E-state index in [0.29, 0.717) is 27.5 Å². The number of carbonyl (C=O) groups is 2. The molecule has 4 aromatic rings. The van der Waals surface area contributed by atoms with Crippen molar-refractivity contribution < 1.29 is 14.0 Å². The third-order valence-electron chi connectivity index (χ3n) is 4.37. The average Bonchev–Trinajstić information content (AvgIpc) is 3.19. The van der Waals surface area contributed by atoms with Gasteiger partial charge in [-0.1, -0.05) is 48.0 Å². The van der Waals surface area contributed by atoms with Gasteiger partial charge in [0.05, 0.1) is 10.6 Å². The molecule has 0 aliphatic heterocycles. The SMILES string of the molecule is O=C(NC(=S)Nc1cccc(NC(=O)c2ccccc2Cl)c1)c1cc2ccccc2o1. The Balaban J connectivity index is 1.40. The highest BCUT2D eigenvalue weighted by Gasteiger charge is 2.14. The molecule has 3 N–H and O–H groups in total. The average molecular weight is 450 g/mol. The minimum atomic E-state index is -0.461. The zero-order chi connectivity index (χ0) is 21.8. The molecular formula is C23H16ClN3O3S. The van der Waals surface area contributed by atoms with E-state index in [1.165, 1.54) is 0 Å². The van der Waals surface area contributed by atoms with Gasteiger partial charge in [-0.05, 0) is 54.7 Å². The first-order valence-corrected chi connectivity index (χ1v) is 10.0. The van der Waals surface area contributed by atoms with Crippen LogP contribution in [0, 0.1) is 0 Å². The number of carbonyl (C=O) groups excluding carboxylic acids is 2. The molecule has 154 valence electrons. The maximum atomic E-state index is 12.4. The number of fused-ring (bicyclic) bond motifs is 1. The van der Waals surface area contributed by atoms with Crippen molar-refractivity contribution in [3.8, 4) is 0 Å². The standard InChI is InChI=1S/C23H16ClN3O3S/c24-18-10-3-2-9-17(18)21(28)25-15-7-5-8-16(13-15)26-23(31)27-22(29)20-12-14-6-1-4-11-19(14)30-20/h1-13H,(H,25,28)(H2,26,27,29,31). The number of hydrogen-bond donors (Lipinski definition) is 3. The van der Waals surface area contributed by atoms with E-state index in [9.17, 15) is 9.59 Å². The Hall–Kier alpha value is -3.68. The second-order valence-electron chi connectivity index (χ2n) is 6.57. The fraction of sp³-hybridized carbons (Fsp3) is 0. The van der Waals surface area contributed by atoms with Gasteiger partial charge in [0.15, 0.2) is 10.9 Å². The molecule has 0 atom stereocenters. The Morgan fingerprint density at radius 2 is 1.52 bits per heavy atom. The van der Waals surface area contributed by atoms with Crippen LogP contribution < -0.4 is 16.0 Å². The Morgan fingerprint density at radius 1 is 0.806 bits per heavy atom. The summed E-state index contributed by atoms with van der Waals surface area (Å²) in [6.45, 7) is 0. The Labute approximate surface area is 188 Å². The molecule has 0 bridgehead atoms. The monoisotopic (exact) mass is 449 g/mol. The summed E-state index contributed by atoms with van der Waals surface area (Å²) < 4.78 is 5.54. The number of halogens is 1. The van der Waals surface area contributed by atoms with E-state index in [0.717, 1.165) is 5.39 Å². The number of furan rings is 1. The molecule has 0 saturated heterocycles. The molecule has 6 nitrogen and oxygen atoms in total. The molecule has 2 amide bonds. The lowest BCUT2D eigenvalue weighted by atomic mass is 10.2. The van der Waals surface area contributed by atoms with E-state index in [2.05, 4.69) is 16.0 Å². The van der Waals surface area contributed by atoms with Gasteiger partial charge in [-0.3, -0.25) is 14.9 Å². The van der Waals surface area contributed by atoms with Crippen molar-refractivity contribution in [1.82, 2.24) is 5.32 Å². The molecule has 3 aromatic carbocycles. The first-order valence-electron chi connectivity index (χ1n) is 9.26. The van der Waals surface area contributed by atoms with E-state index < -0.39 is 5.91 Å². The highest BCUT2D eigenvalue weighted by Crippen LogP contribution is 2.20. The second kappa shape index (κ2) is 8.99. The van der Waals surface area contributed by atoms with Crippen molar-refractivity contribution in [1.29, 1.82) is 0 Å². The smallest absolute Gasteiger partial charge is 0.293 e. The highest BCUT2D eigenvalue weighted by atomic mass is 35.5. The molecular weight excluding hydrogens is 434 g/mol. The van der Waals surface area contributed by atoms with Crippen LogP contribution in [0.4, 0.5) is 11.4 Å². The largest absolute Gasteiger partial charge is 0.451 e. The molecule has 0 radical (unpaired) electrons.